The second kappa shape index (κ2) is 7.36. The Morgan fingerprint density at radius 2 is 2.17 bits per heavy atom. The first-order valence-corrected chi connectivity index (χ1v) is 6.84. The predicted octanol–water partition coefficient (Wildman–Crippen LogP) is 1.23. The van der Waals surface area contributed by atoms with E-state index in [1.165, 1.54) is 0 Å². The number of nitrogens with one attached hydrogen (secondary N) is 1. The summed E-state index contributed by atoms with van der Waals surface area (Å²) in [5, 5.41) is 12.1. The van der Waals surface area contributed by atoms with E-state index in [-0.39, 0.29) is 11.9 Å². The summed E-state index contributed by atoms with van der Waals surface area (Å²) in [6.07, 6.45) is 3.88. The third-order valence-electron chi connectivity index (χ3n) is 3.41. The van der Waals surface area contributed by atoms with Gasteiger partial charge in [0.05, 0.1) is 0 Å². The fraction of sp³-hybridized carbons (Fsp3) is 0.846. The minimum atomic E-state index is -0.766. The van der Waals surface area contributed by atoms with Crippen LogP contribution < -0.4 is 5.32 Å². The van der Waals surface area contributed by atoms with Crippen molar-refractivity contribution in [3.05, 3.63) is 0 Å². The Labute approximate surface area is 109 Å². The van der Waals surface area contributed by atoms with Crippen molar-refractivity contribution in [2.75, 3.05) is 13.1 Å². The molecule has 5 heteroatoms. The molecule has 5 nitrogen and oxygen atoms in total. The summed E-state index contributed by atoms with van der Waals surface area (Å²) in [6.45, 7) is 5.33. The average molecular weight is 256 g/mol. The summed E-state index contributed by atoms with van der Waals surface area (Å²) in [6, 6.07) is -0.318. The van der Waals surface area contributed by atoms with Crippen molar-refractivity contribution in [1.82, 2.24) is 10.2 Å². The lowest BCUT2D eigenvalue weighted by Gasteiger charge is -2.36. The molecule has 0 saturated carbocycles. The van der Waals surface area contributed by atoms with Crippen LogP contribution in [0.1, 0.15) is 46.0 Å². The van der Waals surface area contributed by atoms with E-state index in [1.54, 1.807) is 0 Å². The molecule has 1 saturated heterocycles. The van der Waals surface area contributed by atoms with Crippen molar-refractivity contribution < 1.29 is 14.7 Å². The Hall–Kier alpha value is -1.10. The summed E-state index contributed by atoms with van der Waals surface area (Å²) in [5.74, 6) is -0.689. The van der Waals surface area contributed by atoms with E-state index >= 15 is 0 Å². The van der Waals surface area contributed by atoms with Gasteiger partial charge in [-0.3, -0.25) is 14.5 Å². The molecule has 18 heavy (non-hydrogen) atoms. The van der Waals surface area contributed by atoms with E-state index < -0.39 is 12.0 Å². The van der Waals surface area contributed by atoms with Crippen LogP contribution in [0.3, 0.4) is 0 Å². The van der Waals surface area contributed by atoms with Gasteiger partial charge >= 0.3 is 5.97 Å². The maximum absolute atomic E-state index is 11.5. The molecule has 2 atom stereocenters. The smallest absolute Gasteiger partial charge is 0.320 e. The first kappa shape index (κ1) is 15.0. The van der Waals surface area contributed by atoms with Crippen molar-refractivity contribution in [2.24, 2.45) is 0 Å². The number of amides is 1. The van der Waals surface area contributed by atoms with Gasteiger partial charge in [-0.15, -0.1) is 0 Å². The van der Waals surface area contributed by atoms with Crippen molar-refractivity contribution in [1.29, 1.82) is 0 Å². The van der Waals surface area contributed by atoms with E-state index in [2.05, 4.69) is 5.32 Å². The minimum Gasteiger partial charge on any atom is -0.480 e. The number of hydrogen-bond donors (Lipinski definition) is 2. The monoisotopic (exact) mass is 256 g/mol. The lowest BCUT2D eigenvalue weighted by atomic mass is 10.0. The van der Waals surface area contributed by atoms with Gasteiger partial charge in [0, 0.05) is 19.0 Å². The summed E-state index contributed by atoms with van der Waals surface area (Å²) < 4.78 is 0. The molecule has 104 valence electrons. The standard InChI is InChI=1S/C13H24N2O3/c1-3-6-12(16)14-10-7-5-8-15(9-10)11(4-2)13(17)18/h10-11H,3-9H2,1-2H3,(H,14,16)(H,17,18)/t10-,11-/m1/s1. The highest BCUT2D eigenvalue weighted by Crippen LogP contribution is 2.15. The van der Waals surface area contributed by atoms with Crippen molar-refractivity contribution in [3.8, 4) is 0 Å². The maximum Gasteiger partial charge on any atom is 0.320 e. The zero-order valence-electron chi connectivity index (χ0n) is 11.3. The molecule has 0 unspecified atom stereocenters. The number of carbonyl (C=O) groups is 2. The predicted molar refractivity (Wildman–Crippen MR) is 69.4 cm³/mol. The Kier molecular flexibility index (Phi) is 6.12. The quantitative estimate of drug-likeness (QED) is 0.750. The molecule has 2 N–H and O–H groups in total. The van der Waals surface area contributed by atoms with Crippen LogP contribution in [-0.4, -0.2) is 47.1 Å². The van der Waals surface area contributed by atoms with Crippen LogP contribution in [0.5, 0.6) is 0 Å². The Bertz CT molecular complexity index is 294. The van der Waals surface area contributed by atoms with Gasteiger partial charge in [0.2, 0.25) is 5.91 Å². The van der Waals surface area contributed by atoms with Crippen LogP contribution in [-0.2, 0) is 9.59 Å². The highest BCUT2D eigenvalue weighted by atomic mass is 16.4. The molecule has 0 aliphatic carbocycles. The van der Waals surface area contributed by atoms with Gasteiger partial charge in [0.15, 0.2) is 0 Å². The third-order valence-corrected chi connectivity index (χ3v) is 3.41. The second-order valence-electron chi connectivity index (χ2n) is 4.91. The molecule has 0 bridgehead atoms. The molecule has 1 rings (SSSR count). The molecular formula is C13H24N2O3. The summed E-state index contributed by atoms with van der Waals surface area (Å²) in [7, 11) is 0. The van der Waals surface area contributed by atoms with Gasteiger partial charge in [-0.25, -0.2) is 0 Å². The minimum absolute atomic E-state index is 0.0766. The Morgan fingerprint density at radius 3 is 2.72 bits per heavy atom. The number of piperidine rings is 1. The Balaban J connectivity index is 2.49. The number of nitrogens with zero attached hydrogens (tertiary/aromatic N) is 1. The first-order chi connectivity index (χ1) is 8.58. The SMILES string of the molecule is CCCC(=O)N[C@@H]1CCCN([C@H](CC)C(=O)O)C1. The fourth-order valence-electron chi connectivity index (χ4n) is 2.52. The van der Waals surface area contributed by atoms with Crippen LogP contribution in [0.25, 0.3) is 0 Å². The van der Waals surface area contributed by atoms with E-state index in [9.17, 15) is 9.59 Å². The van der Waals surface area contributed by atoms with E-state index in [0.717, 1.165) is 25.8 Å². The van der Waals surface area contributed by atoms with Gasteiger partial charge in [0.1, 0.15) is 6.04 Å². The van der Waals surface area contributed by atoms with Crippen LogP contribution in [0, 0.1) is 0 Å². The van der Waals surface area contributed by atoms with E-state index in [4.69, 9.17) is 5.11 Å². The van der Waals surface area contributed by atoms with Crippen LogP contribution in [0.2, 0.25) is 0 Å². The topological polar surface area (TPSA) is 69.6 Å². The van der Waals surface area contributed by atoms with Crippen molar-refractivity contribution in [3.63, 3.8) is 0 Å². The average Bonchev–Trinajstić information content (AvgIpc) is 2.30. The molecule has 1 heterocycles. The molecule has 0 radical (unpaired) electrons. The molecule has 1 amide bonds. The van der Waals surface area contributed by atoms with Gasteiger partial charge in [0.25, 0.3) is 0 Å². The zero-order valence-corrected chi connectivity index (χ0v) is 11.3. The number of likely N-dealkylation sites (tertiary alicyclic amines) is 1. The number of rotatable bonds is 6. The summed E-state index contributed by atoms with van der Waals surface area (Å²) >= 11 is 0. The second-order valence-corrected chi connectivity index (χ2v) is 4.91. The first-order valence-electron chi connectivity index (χ1n) is 6.84. The molecule has 0 spiro atoms. The number of carboxylic acid groups (broad SMARTS) is 1. The normalized spacial score (nSPS) is 22.4. The number of aliphatic carboxylic acids is 1. The van der Waals surface area contributed by atoms with Gasteiger partial charge < -0.3 is 10.4 Å². The van der Waals surface area contributed by atoms with Gasteiger partial charge in [-0.05, 0) is 32.2 Å². The summed E-state index contributed by atoms with van der Waals surface area (Å²) in [4.78, 5) is 24.7. The number of carboxylic acids is 1. The lowest BCUT2D eigenvalue weighted by Crippen LogP contribution is -2.52. The third kappa shape index (κ3) is 4.29. The van der Waals surface area contributed by atoms with Crippen LogP contribution >= 0.6 is 0 Å². The van der Waals surface area contributed by atoms with Crippen molar-refractivity contribution in [2.45, 2.75) is 58.0 Å². The molecule has 1 fully saturated rings. The fourth-order valence-corrected chi connectivity index (χ4v) is 2.52. The molecular weight excluding hydrogens is 232 g/mol. The van der Waals surface area contributed by atoms with Crippen molar-refractivity contribution >= 4 is 11.9 Å². The van der Waals surface area contributed by atoms with Crippen LogP contribution in [0.4, 0.5) is 0 Å². The highest BCUT2D eigenvalue weighted by Gasteiger charge is 2.29. The number of hydrogen-bond acceptors (Lipinski definition) is 3. The summed E-state index contributed by atoms with van der Waals surface area (Å²) in [5.41, 5.74) is 0. The number of carbonyl (C=O) groups excluding carboxylic acids is 1. The van der Waals surface area contributed by atoms with Gasteiger partial charge in [-0.1, -0.05) is 13.8 Å². The highest BCUT2D eigenvalue weighted by molar-refractivity contribution is 5.76. The molecule has 0 aromatic heterocycles. The van der Waals surface area contributed by atoms with E-state index in [0.29, 0.717) is 19.4 Å². The molecule has 0 aromatic carbocycles. The molecule has 0 aromatic rings. The Morgan fingerprint density at radius 1 is 1.44 bits per heavy atom. The van der Waals surface area contributed by atoms with Crippen LogP contribution in [0.15, 0.2) is 0 Å². The zero-order chi connectivity index (χ0) is 13.5. The largest absolute Gasteiger partial charge is 0.480 e. The maximum atomic E-state index is 11.5. The molecule has 1 aliphatic heterocycles. The van der Waals surface area contributed by atoms with Gasteiger partial charge in [-0.2, -0.15) is 0 Å². The molecule has 1 aliphatic rings. The lowest BCUT2D eigenvalue weighted by molar-refractivity contribution is -0.144. The van der Waals surface area contributed by atoms with E-state index in [1.807, 2.05) is 18.7 Å².